The Morgan fingerprint density at radius 2 is 1.13 bits per heavy atom. The summed E-state index contributed by atoms with van der Waals surface area (Å²) in [6, 6.07) is 5.86. The zero-order chi connectivity index (χ0) is 66.2. The van der Waals surface area contributed by atoms with Crippen LogP contribution in [0.5, 0.6) is 11.5 Å². The minimum absolute atomic E-state index is 0.0122. The molecule has 494 valence electrons. The van der Waals surface area contributed by atoms with E-state index in [-0.39, 0.29) is 157 Å². The highest BCUT2D eigenvalue weighted by Gasteiger charge is 2.34. The number of phenols is 2. The van der Waals surface area contributed by atoms with E-state index in [1.165, 1.54) is 10.6 Å². The summed E-state index contributed by atoms with van der Waals surface area (Å²) in [5.74, 6) is -9.62. The number of hydrogen-bond acceptors (Lipinski definition) is 19. The molecule has 3 atom stereocenters. The number of nitrogens with one attached hydrogen (secondary N) is 4. The van der Waals surface area contributed by atoms with E-state index in [1.807, 2.05) is 26.0 Å². The average Bonchev–Trinajstić information content (AvgIpc) is 1.57. The maximum atomic E-state index is 14.3. The van der Waals surface area contributed by atoms with Crippen LogP contribution in [0, 0.1) is 5.92 Å². The van der Waals surface area contributed by atoms with Gasteiger partial charge < -0.3 is 74.0 Å². The van der Waals surface area contributed by atoms with E-state index in [1.54, 1.807) is 49.6 Å². The lowest BCUT2D eigenvalue weighted by Crippen LogP contribution is -2.58. The Hall–Kier alpha value is -9.01. The summed E-state index contributed by atoms with van der Waals surface area (Å²) in [7, 11) is 0. The Morgan fingerprint density at radius 3 is 1.62 bits per heavy atom. The Bertz CT molecular complexity index is 2990. The van der Waals surface area contributed by atoms with Crippen molar-refractivity contribution >= 4 is 65.3 Å². The number of aromatic nitrogens is 3. The van der Waals surface area contributed by atoms with Crippen molar-refractivity contribution in [3.8, 4) is 28.6 Å². The predicted molar refractivity (Wildman–Crippen MR) is 325 cm³/mol. The third kappa shape index (κ3) is 23.2. The van der Waals surface area contributed by atoms with Crippen molar-refractivity contribution in [1.29, 1.82) is 0 Å². The number of hydrogen-bond donors (Lipinski definition) is 13. The summed E-state index contributed by atoms with van der Waals surface area (Å²) < 4.78 is 1.53. The van der Waals surface area contributed by atoms with Crippen molar-refractivity contribution in [3.63, 3.8) is 0 Å². The van der Waals surface area contributed by atoms with Crippen LogP contribution in [0.25, 0.3) is 17.1 Å². The fraction of sp³-hybridized carbons (Fsp3) is 0.569. The van der Waals surface area contributed by atoms with E-state index < -0.39 is 103 Å². The molecule has 32 heteroatoms. The Morgan fingerprint density at radius 1 is 0.622 bits per heavy atom. The van der Waals surface area contributed by atoms with Gasteiger partial charge in [0.05, 0.1) is 31.7 Å². The second-order valence-corrected chi connectivity index (χ2v) is 22.7. The number of aliphatic carboxylic acids is 4. The monoisotopic (exact) mass is 1260 g/mol. The number of carboxylic acid groups (broad SMARTS) is 4. The third-order valence-electron chi connectivity index (χ3n) is 15.4. The van der Waals surface area contributed by atoms with Gasteiger partial charge in [0.2, 0.25) is 35.4 Å². The van der Waals surface area contributed by atoms with Gasteiger partial charge in [-0.1, -0.05) is 26.0 Å². The molecular formula is C58H86N16O16. The van der Waals surface area contributed by atoms with Crippen LogP contribution in [0.1, 0.15) is 99.8 Å². The number of amides is 6. The fourth-order valence-electron chi connectivity index (χ4n) is 10.6. The number of piperidine rings is 1. The molecule has 3 aromatic rings. The van der Waals surface area contributed by atoms with E-state index in [2.05, 4.69) is 36.5 Å². The van der Waals surface area contributed by atoms with Crippen LogP contribution in [0.4, 0.5) is 0 Å². The number of nitrogens with zero attached hydrogens (tertiary/aromatic N) is 9. The molecule has 1 aromatic heterocycles. The van der Waals surface area contributed by atoms with Gasteiger partial charge in [-0.25, -0.2) is 0 Å². The Balaban J connectivity index is 1.29. The summed E-state index contributed by atoms with van der Waals surface area (Å²) in [6.45, 7) is 5.71. The Kier molecular flexibility index (Phi) is 28.1. The molecule has 0 unspecified atom stereocenters. The summed E-state index contributed by atoms with van der Waals surface area (Å²) in [6.07, 6.45) is 0.0186. The van der Waals surface area contributed by atoms with Crippen molar-refractivity contribution in [1.82, 2.24) is 60.5 Å². The maximum Gasteiger partial charge on any atom is 0.317 e. The Labute approximate surface area is 520 Å². The van der Waals surface area contributed by atoms with Gasteiger partial charge in [0, 0.05) is 103 Å². The molecule has 0 radical (unpaired) electrons. The zero-order valence-electron chi connectivity index (χ0n) is 51.1. The van der Waals surface area contributed by atoms with Crippen molar-refractivity contribution in [2.75, 3.05) is 105 Å². The number of nitrogens with two attached hydrogens (primary N) is 3. The smallest absolute Gasteiger partial charge is 0.317 e. The molecule has 0 bridgehead atoms. The first-order chi connectivity index (χ1) is 42.7. The molecule has 2 aliphatic heterocycles. The number of aromatic hydroxyl groups is 2. The molecule has 6 amide bonds. The number of guanidine groups is 1. The molecule has 2 saturated heterocycles. The number of carbonyl (C=O) groups excluding carboxylic acids is 6. The lowest BCUT2D eigenvalue weighted by Gasteiger charge is -2.35. The van der Waals surface area contributed by atoms with Crippen LogP contribution >= 0.6 is 0 Å². The number of likely N-dealkylation sites (tertiary alicyclic amines) is 1. The molecule has 2 aliphatic rings. The molecule has 0 saturated carbocycles. The van der Waals surface area contributed by atoms with E-state index in [9.17, 15) is 78.6 Å². The normalized spacial score (nSPS) is 16.1. The van der Waals surface area contributed by atoms with Crippen molar-refractivity contribution < 1.29 is 78.6 Å². The minimum atomic E-state index is -1.59. The molecule has 2 aromatic carbocycles. The highest BCUT2D eigenvalue weighted by atomic mass is 16.4. The quantitative estimate of drug-likeness (QED) is 0.0190. The second-order valence-electron chi connectivity index (χ2n) is 22.7. The summed E-state index contributed by atoms with van der Waals surface area (Å²) in [4.78, 5) is 141. The zero-order valence-corrected chi connectivity index (χ0v) is 51.1. The van der Waals surface area contributed by atoms with Gasteiger partial charge in [0.25, 0.3) is 5.91 Å². The van der Waals surface area contributed by atoms with E-state index in [0.29, 0.717) is 37.1 Å². The molecule has 0 spiro atoms. The topological polar surface area (TPSA) is 478 Å². The standard InChI is InChI=1S/C58H86N16O16/c1-4-62-56(89)53-68-67-52(40-29-39(35(2)3)44(75)30-45(40)76)74(53)38-9-7-36(8-10-38)28-37-15-18-73(19-16-37)57(90)43(11-13-46(59)77)66-55(88)42(12-14-48(79)80)65-54(87)41(6-5-17-63-58(60)61)64-47(78)31-69-20-22-70(32-49(81)82)24-26-72(34-51(85)86)27-25-71(23-21-69)33-50(83)84/h7-10,29-30,35,37,41-43,75-76H,4-6,11-28,31-34H2,1-3H3,(H2,59,77)(H,62,89)(H,64,78)(H,65,87)(H,66,88)(H,79,80)(H,81,82)(H,83,84)(H,85,86)(H4,60,61,63)/t41-,42-,43-/m0/s1. The number of primary amides is 1. The van der Waals surface area contributed by atoms with Crippen molar-refractivity contribution in [2.24, 2.45) is 28.1 Å². The van der Waals surface area contributed by atoms with Gasteiger partial charge in [-0.3, -0.25) is 77.1 Å². The van der Waals surface area contributed by atoms with Gasteiger partial charge in [0.15, 0.2) is 11.8 Å². The van der Waals surface area contributed by atoms with Crippen molar-refractivity contribution in [3.05, 3.63) is 53.3 Å². The van der Waals surface area contributed by atoms with Gasteiger partial charge in [0.1, 0.15) is 29.6 Å². The first kappa shape index (κ1) is 71.7. The highest BCUT2D eigenvalue weighted by molar-refractivity contribution is 5.95. The predicted octanol–water partition coefficient (Wildman–Crippen LogP) is -1.89. The summed E-state index contributed by atoms with van der Waals surface area (Å²) >= 11 is 0. The van der Waals surface area contributed by atoms with Gasteiger partial charge in [-0.05, 0) is 93.0 Å². The average molecular weight is 1260 g/mol. The van der Waals surface area contributed by atoms with E-state index in [4.69, 9.17) is 17.2 Å². The number of carbonyl (C=O) groups is 10. The lowest BCUT2D eigenvalue weighted by atomic mass is 9.89. The molecule has 32 nitrogen and oxygen atoms in total. The van der Waals surface area contributed by atoms with Crippen LogP contribution in [0.2, 0.25) is 0 Å². The minimum Gasteiger partial charge on any atom is -0.508 e. The summed E-state index contributed by atoms with van der Waals surface area (Å²) in [5, 5.41) is 79.1. The van der Waals surface area contributed by atoms with E-state index in [0.717, 1.165) is 5.56 Å². The van der Waals surface area contributed by atoms with Crippen LogP contribution in [-0.2, 0) is 49.6 Å². The van der Waals surface area contributed by atoms with Crippen molar-refractivity contribution in [2.45, 2.75) is 103 Å². The molecule has 90 heavy (non-hydrogen) atoms. The first-order valence-electron chi connectivity index (χ1n) is 29.9. The molecular weight excluding hydrogens is 1180 g/mol. The number of rotatable bonds is 31. The van der Waals surface area contributed by atoms with Crippen LogP contribution in [0.15, 0.2) is 41.4 Å². The molecule has 2 fully saturated rings. The van der Waals surface area contributed by atoms with Gasteiger partial charge in [-0.15, -0.1) is 10.2 Å². The fourth-order valence-corrected chi connectivity index (χ4v) is 10.6. The molecule has 5 rings (SSSR count). The lowest BCUT2D eigenvalue weighted by molar-refractivity contribution is -0.140. The molecule has 0 aliphatic carbocycles. The van der Waals surface area contributed by atoms with Gasteiger partial charge >= 0.3 is 23.9 Å². The van der Waals surface area contributed by atoms with Gasteiger partial charge in [-0.2, -0.15) is 0 Å². The summed E-state index contributed by atoms with van der Waals surface area (Å²) in [5.41, 5.74) is 18.8. The van der Waals surface area contributed by atoms with Crippen LogP contribution in [-0.4, -0.2) is 258 Å². The molecule has 16 N–H and O–H groups in total. The second kappa shape index (κ2) is 35.2. The first-order valence-corrected chi connectivity index (χ1v) is 29.9. The number of phenolic OH excluding ortho intramolecular Hbond substituents is 2. The number of benzene rings is 2. The number of aliphatic imine (C=N–C) groups is 1. The van der Waals surface area contributed by atoms with E-state index >= 15 is 0 Å². The third-order valence-corrected chi connectivity index (χ3v) is 15.4. The highest BCUT2D eigenvalue weighted by Crippen LogP contribution is 2.38. The molecule has 3 heterocycles. The maximum absolute atomic E-state index is 14.3. The SMILES string of the molecule is CCNC(=O)c1nnc(-c2cc(C(C)C)c(O)cc2O)n1-c1ccc(CC2CCN(C(=O)[C@H](CCC(N)=O)NC(=O)[C@H](CCC(=O)O)NC(=O)[C@H](CCCN=C(N)N)NC(=O)CN3CCN(CC(=O)O)CCN(CC(=O)O)CCN(CC(=O)O)CC3)CC2)cc1. The van der Waals surface area contributed by atoms with Crippen LogP contribution < -0.4 is 38.5 Å². The largest absolute Gasteiger partial charge is 0.508 e. The number of carboxylic acids is 4. The van der Waals surface area contributed by atoms with Crippen LogP contribution in [0.3, 0.4) is 0 Å².